The molecule has 0 radical (unpaired) electrons. The number of ether oxygens (including phenoxy) is 1. The molecular formula is C33H31N3O6. The second-order valence-corrected chi connectivity index (χ2v) is 11.4. The fourth-order valence-corrected chi connectivity index (χ4v) is 6.91. The number of nitrogens with zero attached hydrogens (tertiary/aromatic N) is 1. The maximum atomic E-state index is 14.1. The molecule has 2 bridgehead atoms. The molecule has 42 heavy (non-hydrogen) atoms. The molecule has 2 N–H and O–H groups in total. The third-order valence-electron chi connectivity index (χ3n) is 8.47. The number of esters is 1. The SMILES string of the molecule is CC(=O)Nc1ccc(NC(=O)COC(=O)[C@H](C(C)C)N2C(=O)[C@@H]3C4c5ccccc5C(c5ccccc54)[C@H]3C2=O)cc1. The van der Waals surface area contributed by atoms with E-state index in [9.17, 15) is 24.0 Å². The van der Waals surface area contributed by atoms with Crippen molar-refractivity contribution >= 4 is 41.0 Å². The lowest BCUT2D eigenvalue weighted by atomic mass is 9.55. The molecule has 3 atom stereocenters. The van der Waals surface area contributed by atoms with E-state index in [0.29, 0.717) is 11.4 Å². The molecule has 1 aliphatic heterocycles. The largest absolute Gasteiger partial charge is 0.454 e. The van der Waals surface area contributed by atoms with E-state index in [1.807, 2.05) is 48.5 Å². The summed E-state index contributed by atoms with van der Waals surface area (Å²) in [6.07, 6.45) is 0. The maximum absolute atomic E-state index is 14.1. The molecule has 3 aliphatic carbocycles. The van der Waals surface area contributed by atoms with Crippen molar-refractivity contribution in [2.45, 2.75) is 38.6 Å². The van der Waals surface area contributed by atoms with Crippen molar-refractivity contribution in [1.29, 1.82) is 0 Å². The van der Waals surface area contributed by atoms with E-state index >= 15 is 0 Å². The molecule has 0 unspecified atom stereocenters. The number of rotatable bonds is 7. The first kappa shape index (κ1) is 27.4. The summed E-state index contributed by atoms with van der Waals surface area (Å²) in [6, 6.07) is 21.2. The van der Waals surface area contributed by atoms with E-state index in [1.165, 1.54) is 6.92 Å². The van der Waals surface area contributed by atoms with Crippen LogP contribution in [0.3, 0.4) is 0 Å². The Labute approximate surface area is 243 Å². The number of imide groups is 1. The lowest BCUT2D eigenvalue weighted by molar-refractivity contribution is -0.162. The van der Waals surface area contributed by atoms with Crippen LogP contribution in [0.2, 0.25) is 0 Å². The molecule has 4 aliphatic rings. The zero-order chi connectivity index (χ0) is 29.7. The molecule has 4 amide bonds. The number of nitrogens with one attached hydrogen (secondary N) is 2. The Morgan fingerprint density at radius 3 is 1.57 bits per heavy atom. The van der Waals surface area contributed by atoms with Crippen LogP contribution in [0.5, 0.6) is 0 Å². The van der Waals surface area contributed by atoms with E-state index in [0.717, 1.165) is 27.2 Å². The molecule has 0 saturated carbocycles. The first-order chi connectivity index (χ1) is 20.2. The molecule has 1 saturated heterocycles. The van der Waals surface area contributed by atoms with Crippen LogP contribution < -0.4 is 10.6 Å². The van der Waals surface area contributed by atoms with E-state index in [4.69, 9.17) is 4.74 Å². The number of anilines is 2. The van der Waals surface area contributed by atoms with E-state index < -0.39 is 42.3 Å². The smallest absolute Gasteiger partial charge is 0.330 e. The average Bonchev–Trinajstić information content (AvgIpc) is 3.23. The number of hydrogen-bond acceptors (Lipinski definition) is 6. The minimum absolute atomic E-state index is 0.214. The highest BCUT2D eigenvalue weighted by molar-refractivity contribution is 6.10. The number of likely N-dealkylation sites (tertiary alicyclic amines) is 1. The Morgan fingerprint density at radius 1 is 0.738 bits per heavy atom. The molecule has 9 nitrogen and oxygen atoms in total. The standard InChI is InChI=1S/C33H31N3O6/c1-17(2)30(33(41)42-16-25(38)35-20-14-12-19(13-15-20)34-18(3)37)36-31(39)28-26-21-8-4-5-9-22(21)27(29(28)32(36)40)24-11-7-6-10-23(24)26/h4-15,17,26-30H,16H2,1-3H3,(H,34,37)(H,35,38)/t26?,27?,28-,29-,30+/m1/s1. The van der Waals surface area contributed by atoms with E-state index in [2.05, 4.69) is 10.6 Å². The van der Waals surface area contributed by atoms with E-state index in [1.54, 1.807) is 38.1 Å². The molecule has 3 aromatic rings. The van der Waals surface area contributed by atoms with Gasteiger partial charge in [0, 0.05) is 30.1 Å². The van der Waals surface area contributed by atoms with Gasteiger partial charge in [-0.2, -0.15) is 0 Å². The normalized spacial score (nSPS) is 22.2. The monoisotopic (exact) mass is 565 g/mol. The summed E-state index contributed by atoms with van der Waals surface area (Å²) in [7, 11) is 0. The number of hydrogen-bond donors (Lipinski definition) is 2. The van der Waals surface area contributed by atoms with Crippen LogP contribution >= 0.6 is 0 Å². The van der Waals surface area contributed by atoms with Gasteiger partial charge in [-0.1, -0.05) is 62.4 Å². The van der Waals surface area contributed by atoms with Crippen molar-refractivity contribution in [2.75, 3.05) is 17.2 Å². The summed E-state index contributed by atoms with van der Waals surface area (Å²) in [5, 5.41) is 5.28. The molecule has 0 aromatic heterocycles. The molecule has 1 fully saturated rings. The van der Waals surface area contributed by atoms with Crippen LogP contribution in [-0.4, -0.2) is 47.1 Å². The third kappa shape index (κ3) is 4.45. The Balaban J connectivity index is 1.20. The Hall–Kier alpha value is -4.79. The van der Waals surface area contributed by atoms with Crippen LogP contribution in [-0.2, 0) is 28.7 Å². The van der Waals surface area contributed by atoms with Crippen molar-refractivity contribution in [2.24, 2.45) is 17.8 Å². The van der Waals surface area contributed by atoms with Gasteiger partial charge in [-0.05, 0) is 52.4 Å². The minimum atomic E-state index is -1.16. The minimum Gasteiger partial charge on any atom is -0.454 e. The van der Waals surface area contributed by atoms with Gasteiger partial charge in [-0.25, -0.2) is 4.79 Å². The van der Waals surface area contributed by atoms with Gasteiger partial charge in [-0.3, -0.25) is 24.1 Å². The van der Waals surface area contributed by atoms with Crippen LogP contribution in [0, 0.1) is 17.8 Å². The van der Waals surface area contributed by atoms with Crippen LogP contribution in [0.1, 0.15) is 54.9 Å². The fourth-order valence-electron chi connectivity index (χ4n) is 6.91. The molecule has 1 heterocycles. The highest BCUT2D eigenvalue weighted by Gasteiger charge is 2.63. The van der Waals surface area contributed by atoms with Crippen molar-refractivity contribution in [3.05, 3.63) is 95.1 Å². The molecule has 7 rings (SSSR count). The predicted octanol–water partition coefficient (Wildman–Crippen LogP) is 4.04. The van der Waals surface area contributed by atoms with Gasteiger partial charge in [0.05, 0.1) is 11.8 Å². The first-order valence-corrected chi connectivity index (χ1v) is 14.1. The van der Waals surface area contributed by atoms with Crippen molar-refractivity contribution in [3.8, 4) is 0 Å². The number of carbonyl (C=O) groups is 5. The second kappa shape index (κ2) is 10.6. The fraction of sp³-hybridized carbons (Fsp3) is 0.303. The van der Waals surface area contributed by atoms with Crippen molar-refractivity contribution in [3.63, 3.8) is 0 Å². The zero-order valence-corrected chi connectivity index (χ0v) is 23.5. The summed E-state index contributed by atoms with van der Waals surface area (Å²) in [5.74, 6) is -4.53. The quantitative estimate of drug-likeness (QED) is 0.329. The van der Waals surface area contributed by atoms with E-state index in [-0.39, 0.29) is 29.6 Å². The topological polar surface area (TPSA) is 122 Å². The summed E-state index contributed by atoms with van der Waals surface area (Å²) >= 11 is 0. The van der Waals surface area contributed by atoms with Crippen LogP contribution in [0.15, 0.2) is 72.8 Å². The van der Waals surface area contributed by atoms with Crippen molar-refractivity contribution in [1.82, 2.24) is 4.90 Å². The number of amides is 4. The maximum Gasteiger partial charge on any atom is 0.330 e. The summed E-state index contributed by atoms with van der Waals surface area (Å²) in [5.41, 5.74) is 5.24. The highest BCUT2D eigenvalue weighted by Crippen LogP contribution is 2.61. The Kier molecular flexibility index (Phi) is 6.88. The van der Waals surface area contributed by atoms with Crippen LogP contribution in [0.25, 0.3) is 0 Å². The lowest BCUT2D eigenvalue weighted by Gasteiger charge is -2.45. The van der Waals surface area contributed by atoms with Gasteiger partial charge in [0.1, 0.15) is 6.04 Å². The average molecular weight is 566 g/mol. The summed E-state index contributed by atoms with van der Waals surface area (Å²) in [6.45, 7) is 4.32. The summed E-state index contributed by atoms with van der Waals surface area (Å²) in [4.78, 5) is 66.4. The van der Waals surface area contributed by atoms with Gasteiger partial charge < -0.3 is 15.4 Å². The number of benzene rings is 3. The van der Waals surface area contributed by atoms with Gasteiger partial charge >= 0.3 is 5.97 Å². The first-order valence-electron chi connectivity index (χ1n) is 14.1. The van der Waals surface area contributed by atoms with Gasteiger partial charge in [-0.15, -0.1) is 0 Å². The van der Waals surface area contributed by atoms with Crippen molar-refractivity contribution < 1.29 is 28.7 Å². The Bertz CT molecular complexity index is 1500. The highest BCUT2D eigenvalue weighted by atomic mass is 16.5. The molecule has 0 spiro atoms. The number of carbonyl (C=O) groups excluding carboxylic acids is 5. The van der Waals surface area contributed by atoms with Gasteiger partial charge in [0.15, 0.2) is 6.61 Å². The molecular weight excluding hydrogens is 534 g/mol. The molecule has 3 aromatic carbocycles. The predicted molar refractivity (Wildman–Crippen MR) is 154 cm³/mol. The van der Waals surface area contributed by atoms with Crippen LogP contribution in [0.4, 0.5) is 11.4 Å². The van der Waals surface area contributed by atoms with Gasteiger partial charge in [0.2, 0.25) is 17.7 Å². The third-order valence-corrected chi connectivity index (χ3v) is 8.47. The van der Waals surface area contributed by atoms with Gasteiger partial charge in [0.25, 0.3) is 5.91 Å². The lowest BCUT2D eigenvalue weighted by Crippen LogP contribution is -2.49. The molecule has 214 valence electrons. The second-order valence-electron chi connectivity index (χ2n) is 11.4. The summed E-state index contributed by atoms with van der Waals surface area (Å²) < 4.78 is 5.38. The Morgan fingerprint density at radius 2 is 1.17 bits per heavy atom. The zero-order valence-electron chi connectivity index (χ0n) is 23.5. The molecule has 9 heteroatoms.